The zero-order chi connectivity index (χ0) is 23.7. The Morgan fingerprint density at radius 1 is 1.00 bits per heavy atom. The van der Waals surface area contributed by atoms with Crippen molar-refractivity contribution in [1.29, 1.82) is 0 Å². The molecule has 0 saturated carbocycles. The largest absolute Gasteiger partial charge is 0.506 e. The minimum atomic E-state index is -0.582. The van der Waals surface area contributed by atoms with Gasteiger partial charge in [0.05, 0.1) is 5.56 Å². The van der Waals surface area contributed by atoms with Gasteiger partial charge in [-0.1, -0.05) is 42.5 Å². The predicted molar refractivity (Wildman–Crippen MR) is 130 cm³/mol. The summed E-state index contributed by atoms with van der Waals surface area (Å²) in [5.41, 5.74) is 1.95. The third-order valence-corrected chi connectivity index (χ3v) is 6.71. The number of benzene rings is 3. The van der Waals surface area contributed by atoms with Crippen molar-refractivity contribution in [2.24, 2.45) is 0 Å². The van der Waals surface area contributed by atoms with Crippen molar-refractivity contribution in [3.05, 3.63) is 71.8 Å². The van der Waals surface area contributed by atoms with Crippen LogP contribution in [0.25, 0.3) is 10.8 Å². The highest BCUT2D eigenvalue weighted by Gasteiger charge is 2.35. The summed E-state index contributed by atoms with van der Waals surface area (Å²) in [6, 6.07) is 17.8. The van der Waals surface area contributed by atoms with Gasteiger partial charge in [0.2, 0.25) is 11.8 Å². The van der Waals surface area contributed by atoms with Crippen molar-refractivity contribution in [1.82, 2.24) is 10.2 Å². The quantitative estimate of drug-likeness (QED) is 0.613. The van der Waals surface area contributed by atoms with Crippen LogP contribution in [0.3, 0.4) is 0 Å². The van der Waals surface area contributed by atoms with Crippen molar-refractivity contribution in [3.8, 4) is 5.75 Å². The summed E-state index contributed by atoms with van der Waals surface area (Å²) in [6.45, 7) is 1.50. The van der Waals surface area contributed by atoms with Gasteiger partial charge in [0.15, 0.2) is 0 Å². The molecule has 1 atom stereocenters. The molecule has 34 heavy (non-hydrogen) atoms. The van der Waals surface area contributed by atoms with E-state index in [1.54, 1.807) is 21.9 Å². The molecule has 1 unspecified atom stereocenters. The minimum absolute atomic E-state index is 0.0533. The molecule has 0 radical (unpaired) electrons. The molecule has 174 valence electrons. The topological polar surface area (TPSA) is 90.0 Å². The van der Waals surface area contributed by atoms with Gasteiger partial charge < -0.3 is 20.2 Å². The van der Waals surface area contributed by atoms with Crippen LogP contribution in [-0.4, -0.2) is 46.9 Å². The number of carbonyl (C=O) groups excluding carboxylic acids is 3. The molecule has 2 aliphatic heterocycles. The second kappa shape index (κ2) is 9.17. The fraction of sp³-hybridized carbons (Fsp3) is 0.296. The molecular weight excluding hydrogens is 430 g/mol. The van der Waals surface area contributed by atoms with E-state index in [1.807, 2.05) is 48.5 Å². The number of amides is 3. The molecule has 0 aliphatic carbocycles. The number of nitrogens with zero attached hydrogens (tertiary/aromatic N) is 2. The van der Waals surface area contributed by atoms with E-state index in [0.29, 0.717) is 31.3 Å². The highest BCUT2D eigenvalue weighted by molar-refractivity contribution is 6.05. The van der Waals surface area contributed by atoms with E-state index in [2.05, 4.69) is 5.32 Å². The smallest absolute Gasteiger partial charge is 0.258 e. The van der Waals surface area contributed by atoms with Crippen LogP contribution in [0, 0.1) is 0 Å². The van der Waals surface area contributed by atoms with E-state index >= 15 is 0 Å². The lowest BCUT2D eigenvalue weighted by molar-refractivity contribution is -0.125. The zero-order valence-corrected chi connectivity index (χ0v) is 18.9. The maximum atomic E-state index is 13.3. The van der Waals surface area contributed by atoms with Crippen LogP contribution in [0.5, 0.6) is 5.75 Å². The Hall–Kier alpha value is -3.87. The van der Waals surface area contributed by atoms with Crippen molar-refractivity contribution in [2.75, 3.05) is 18.0 Å². The summed E-state index contributed by atoms with van der Waals surface area (Å²) in [7, 11) is 0. The van der Waals surface area contributed by atoms with E-state index in [9.17, 15) is 19.5 Å². The average molecular weight is 458 g/mol. The molecule has 3 amide bonds. The first-order chi connectivity index (χ1) is 16.5. The van der Waals surface area contributed by atoms with Crippen molar-refractivity contribution in [2.45, 2.75) is 38.3 Å². The minimum Gasteiger partial charge on any atom is -0.506 e. The van der Waals surface area contributed by atoms with Crippen LogP contribution in [0.2, 0.25) is 0 Å². The summed E-state index contributed by atoms with van der Waals surface area (Å²) in [6.07, 6.45) is 2.73. The van der Waals surface area contributed by atoms with Crippen molar-refractivity contribution < 1.29 is 19.5 Å². The van der Waals surface area contributed by atoms with E-state index < -0.39 is 6.04 Å². The molecule has 3 aromatic carbocycles. The third kappa shape index (κ3) is 4.09. The van der Waals surface area contributed by atoms with Crippen LogP contribution >= 0.6 is 0 Å². The zero-order valence-electron chi connectivity index (χ0n) is 18.9. The first-order valence-electron chi connectivity index (χ1n) is 11.7. The molecule has 3 aromatic rings. The van der Waals surface area contributed by atoms with Gasteiger partial charge in [-0.2, -0.15) is 0 Å². The van der Waals surface area contributed by atoms with Gasteiger partial charge in [0.25, 0.3) is 5.91 Å². The van der Waals surface area contributed by atoms with Gasteiger partial charge in [0, 0.05) is 37.1 Å². The fourth-order valence-corrected chi connectivity index (χ4v) is 4.93. The molecule has 2 aliphatic rings. The van der Waals surface area contributed by atoms with Gasteiger partial charge in [0.1, 0.15) is 11.8 Å². The molecule has 2 heterocycles. The number of aromatic hydroxyl groups is 1. The maximum Gasteiger partial charge on any atom is 0.258 e. The van der Waals surface area contributed by atoms with Crippen LogP contribution in [0.15, 0.2) is 60.7 Å². The summed E-state index contributed by atoms with van der Waals surface area (Å²) >= 11 is 0. The van der Waals surface area contributed by atoms with Gasteiger partial charge in [-0.3, -0.25) is 14.4 Å². The van der Waals surface area contributed by atoms with E-state index in [0.717, 1.165) is 36.0 Å². The fourth-order valence-electron chi connectivity index (χ4n) is 4.93. The number of fused-ring (bicyclic) bond motifs is 1. The normalized spacial score (nSPS) is 18.0. The molecule has 0 aromatic heterocycles. The Morgan fingerprint density at radius 3 is 2.68 bits per heavy atom. The highest BCUT2D eigenvalue weighted by atomic mass is 16.3. The summed E-state index contributed by atoms with van der Waals surface area (Å²) in [4.78, 5) is 41.7. The second-order valence-corrected chi connectivity index (χ2v) is 8.88. The van der Waals surface area contributed by atoms with Crippen LogP contribution < -0.4 is 10.2 Å². The molecule has 0 bridgehead atoms. The molecule has 2 saturated heterocycles. The highest BCUT2D eigenvalue weighted by Crippen LogP contribution is 2.31. The molecular formula is C27H27N3O4. The van der Waals surface area contributed by atoms with Gasteiger partial charge in [-0.05, 0) is 48.4 Å². The second-order valence-electron chi connectivity index (χ2n) is 8.88. The van der Waals surface area contributed by atoms with Crippen molar-refractivity contribution >= 4 is 34.2 Å². The average Bonchev–Trinajstić information content (AvgIpc) is 3.52. The van der Waals surface area contributed by atoms with E-state index in [4.69, 9.17) is 0 Å². The lowest BCUT2D eigenvalue weighted by atomic mass is 10.0. The Labute approximate surface area is 198 Å². The number of anilines is 1. The molecule has 0 spiro atoms. The number of hydrogen-bond acceptors (Lipinski definition) is 4. The first kappa shape index (κ1) is 21.9. The number of carbonyl (C=O) groups is 3. The number of likely N-dealkylation sites (tertiary alicyclic amines) is 1. The SMILES string of the molecule is O=C(NCc1cccc(N2CCCC2=O)c1)C1CCCN1C(=O)c1ccc2ccccc2c1O. The molecule has 2 fully saturated rings. The Balaban J connectivity index is 1.28. The molecule has 7 heteroatoms. The van der Waals surface area contributed by atoms with E-state index in [1.165, 1.54) is 0 Å². The van der Waals surface area contributed by atoms with Gasteiger partial charge >= 0.3 is 0 Å². The Bertz CT molecular complexity index is 1270. The molecule has 5 rings (SSSR count). The third-order valence-electron chi connectivity index (χ3n) is 6.71. The van der Waals surface area contributed by atoms with Gasteiger partial charge in [-0.15, -0.1) is 0 Å². The standard InChI is InChI=1S/C27H27N3O4/c31-24-11-5-14-29(24)20-8-3-6-18(16-20)17-28-26(33)23-10-4-15-30(23)27(34)22-13-12-19-7-1-2-9-21(19)25(22)32/h1-3,6-9,12-13,16,23,32H,4-5,10-11,14-15,17H2,(H,28,33). The van der Waals surface area contributed by atoms with Crippen LogP contribution in [-0.2, 0) is 16.1 Å². The summed E-state index contributed by atoms with van der Waals surface area (Å²) in [5, 5.41) is 15.1. The summed E-state index contributed by atoms with van der Waals surface area (Å²) in [5.74, 6) is -0.482. The monoisotopic (exact) mass is 457 g/mol. The van der Waals surface area contributed by atoms with Crippen molar-refractivity contribution in [3.63, 3.8) is 0 Å². The number of phenolic OH excluding ortho intramolecular Hbond substituents is 1. The number of phenols is 1. The lowest BCUT2D eigenvalue weighted by Gasteiger charge is -2.25. The molecule has 2 N–H and O–H groups in total. The first-order valence-corrected chi connectivity index (χ1v) is 11.7. The molecule has 7 nitrogen and oxygen atoms in total. The maximum absolute atomic E-state index is 13.3. The van der Waals surface area contributed by atoms with Crippen LogP contribution in [0.1, 0.15) is 41.6 Å². The Morgan fingerprint density at radius 2 is 1.85 bits per heavy atom. The van der Waals surface area contributed by atoms with Gasteiger partial charge in [-0.25, -0.2) is 0 Å². The lowest BCUT2D eigenvalue weighted by Crippen LogP contribution is -2.45. The number of rotatable bonds is 5. The summed E-state index contributed by atoms with van der Waals surface area (Å²) < 4.78 is 0. The number of hydrogen-bond donors (Lipinski definition) is 2. The Kier molecular flexibility index (Phi) is 5.92. The van der Waals surface area contributed by atoms with E-state index in [-0.39, 0.29) is 29.0 Å². The predicted octanol–water partition coefficient (Wildman–Crippen LogP) is 3.59. The number of nitrogens with one attached hydrogen (secondary N) is 1. The van der Waals surface area contributed by atoms with Crippen LogP contribution in [0.4, 0.5) is 5.69 Å².